The molecule has 3 aliphatic rings. The summed E-state index contributed by atoms with van der Waals surface area (Å²) in [7, 11) is 0. The summed E-state index contributed by atoms with van der Waals surface area (Å²) in [5.74, 6) is 0.894. The average molecular weight is 216 g/mol. The van der Waals surface area contributed by atoms with Crippen LogP contribution in [0.25, 0.3) is 0 Å². The molecule has 0 spiro atoms. The minimum Gasteiger partial charge on any atom is -0.331 e. The van der Waals surface area contributed by atoms with E-state index in [1.807, 2.05) is 17.0 Å². The molecule has 3 atom stereocenters. The number of carbonyl (C=O) groups is 1. The lowest BCUT2D eigenvalue weighted by Gasteiger charge is -2.54. The third-order valence-electron chi connectivity index (χ3n) is 3.80. The summed E-state index contributed by atoms with van der Waals surface area (Å²) in [6, 6.07) is 6.47. The number of pyridine rings is 1. The molecule has 1 aliphatic carbocycles. The molecule has 1 aromatic rings. The van der Waals surface area contributed by atoms with Gasteiger partial charge in [-0.25, -0.2) is 0 Å². The van der Waals surface area contributed by atoms with E-state index in [9.17, 15) is 4.79 Å². The Morgan fingerprint density at radius 2 is 2.06 bits per heavy atom. The molecule has 0 radical (unpaired) electrons. The molecule has 0 N–H and O–H groups in total. The molecule has 3 heterocycles. The second kappa shape index (κ2) is 3.58. The van der Waals surface area contributed by atoms with Gasteiger partial charge in [-0.05, 0) is 37.3 Å². The molecular formula is C13H16N2O. The molecule has 1 saturated carbocycles. The number of nitrogens with zero attached hydrogens (tertiary/aromatic N) is 2. The molecule has 2 aliphatic heterocycles. The fourth-order valence-corrected chi connectivity index (χ4v) is 3.10. The van der Waals surface area contributed by atoms with Crippen molar-refractivity contribution in [3.05, 3.63) is 30.1 Å². The van der Waals surface area contributed by atoms with E-state index < -0.39 is 0 Å². The van der Waals surface area contributed by atoms with E-state index in [1.165, 1.54) is 6.42 Å². The normalized spacial score (nSPS) is 32.1. The third kappa shape index (κ3) is 1.42. The Labute approximate surface area is 95.5 Å². The Kier molecular flexibility index (Phi) is 2.20. The second-order valence-electron chi connectivity index (χ2n) is 5.05. The molecule has 4 rings (SSSR count). The lowest BCUT2D eigenvalue weighted by atomic mass is 9.74. The van der Waals surface area contributed by atoms with Crippen molar-refractivity contribution in [2.45, 2.75) is 38.3 Å². The standard InChI is InChI=1S/C13H16N2O/c1-9-6-10-8-11(7-9)15(10)13(16)12-4-2-3-5-14-12/h2-5,9-11H,6-8H2,1H3/t9?,10-,11?/m1/s1. The fraction of sp³-hybridized carbons (Fsp3) is 0.538. The molecule has 3 nitrogen and oxygen atoms in total. The molecule has 84 valence electrons. The van der Waals surface area contributed by atoms with Crippen molar-refractivity contribution >= 4 is 5.91 Å². The highest BCUT2D eigenvalue weighted by molar-refractivity contribution is 5.93. The van der Waals surface area contributed by atoms with E-state index in [2.05, 4.69) is 11.9 Å². The average Bonchev–Trinajstić information content (AvgIpc) is 2.29. The van der Waals surface area contributed by atoms with Crippen LogP contribution in [0.1, 0.15) is 36.7 Å². The molecule has 16 heavy (non-hydrogen) atoms. The summed E-state index contributed by atoms with van der Waals surface area (Å²) >= 11 is 0. The van der Waals surface area contributed by atoms with Crippen LogP contribution in [0.3, 0.4) is 0 Å². The van der Waals surface area contributed by atoms with Gasteiger partial charge in [-0.1, -0.05) is 13.0 Å². The Hall–Kier alpha value is -1.38. The molecule has 2 unspecified atom stereocenters. The van der Waals surface area contributed by atoms with Crippen molar-refractivity contribution < 1.29 is 4.79 Å². The first-order valence-electron chi connectivity index (χ1n) is 5.99. The largest absolute Gasteiger partial charge is 0.331 e. The molecule has 0 aromatic carbocycles. The molecular weight excluding hydrogens is 200 g/mol. The van der Waals surface area contributed by atoms with Gasteiger partial charge >= 0.3 is 0 Å². The highest BCUT2D eigenvalue weighted by Crippen LogP contribution is 2.41. The lowest BCUT2D eigenvalue weighted by Crippen LogP contribution is -2.62. The van der Waals surface area contributed by atoms with Gasteiger partial charge in [-0.3, -0.25) is 9.78 Å². The smallest absolute Gasteiger partial charge is 0.272 e. The summed E-state index contributed by atoms with van der Waals surface area (Å²) < 4.78 is 0. The van der Waals surface area contributed by atoms with Gasteiger partial charge in [0, 0.05) is 18.3 Å². The molecule has 1 aromatic heterocycles. The van der Waals surface area contributed by atoms with Gasteiger partial charge in [0.2, 0.25) is 0 Å². The highest BCUT2D eigenvalue weighted by atomic mass is 16.2. The number of piperidine rings is 1. The monoisotopic (exact) mass is 216 g/mol. The van der Waals surface area contributed by atoms with Crippen LogP contribution in [-0.2, 0) is 0 Å². The lowest BCUT2D eigenvalue weighted by molar-refractivity contribution is -0.0284. The first kappa shape index (κ1) is 9.82. The van der Waals surface area contributed by atoms with Crippen LogP contribution in [0, 0.1) is 5.92 Å². The molecule has 3 heteroatoms. The van der Waals surface area contributed by atoms with Crippen molar-refractivity contribution in [2.24, 2.45) is 5.92 Å². The van der Waals surface area contributed by atoms with Crippen LogP contribution in [0.2, 0.25) is 0 Å². The zero-order valence-corrected chi connectivity index (χ0v) is 9.47. The summed E-state index contributed by atoms with van der Waals surface area (Å²) in [4.78, 5) is 18.4. The van der Waals surface area contributed by atoms with Crippen LogP contribution < -0.4 is 0 Å². The van der Waals surface area contributed by atoms with Gasteiger partial charge in [0.15, 0.2) is 0 Å². The fourth-order valence-electron chi connectivity index (χ4n) is 3.10. The topological polar surface area (TPSA) is 33.2 Å². The molecule has 3 fully saturated rings. The zero-order chi connectivity index (χ0) is 11.1. The van der Waals surface area contributed by atoms with E-state index in [0.717, 1.165) is 18.8 Å². The predicted molar refractivity (Wildman–Crippen MR) is 61.0 cm³/mol. The number of amides is 1. The number of hydrogen-bond donors (Lipinski definition) is 0. The van der Waals surface area contributed by atoms with Crippen LogP contribution in [0.15, 0.2) is 24.4 Å². The third-order valence-corrected chi connectivity index (χ3v) is 3.80. The van der Waals surface area contributed by atoms with Crippen LogP contribution in [0.4, 0.5) is 0 Å². The molecule has 2 bridgehead atoms. The van der Waals surface area contributed by atoms with Crippen molar-refractivity contribution in [1.29, 1.82) is 0 Å². The summed E-state index contributed by atoms with van der Waals surface area (Å²) in [5.41, 5.74) is 0.590. The minimum atomic E-state index is 0.119. The second-order valence-corrected chi connectivity index (χ2v) is 5.05. The quantitative estimate of drug-likeness (QED) is 0.720. The van der Waals surface area contributed by atoms with Crippen LogP contribution in [0.5, 0.6) is 0 Å². The number of aromatic nitrogens is 1. The van der Waals surface area contributed by atoms with Gasteiger partial charge < -0.3 is 4.90 Å². The van der Waals surface area contributed by atoms with E-state index in [0.29, 0.717) is 17.8 Å². The first-order chi connectivity index (χ1) is 7.75. The summed E-state index contributed by atoms with van der Waals surface area (Å²) in [5, 5.41) is 0. The van der Waals surface area contributed by atoms with Gasteiger partial charge in [0.25, 0.3) is 5.91 Å². The van der Waals surface area contributed by atoms with Gasteiger partial charge in [-0.15, -0.1) is 0 Å². The van der Waals surface area contributed by atoms with E-state index in [4.69, 9.17) is 0 Å². The number of carbonyl (C=O) groups excluding carboxylic acids is 1. The summed E-state index contributed by atoms with van der Waals surface area (Å²) in [6.45, 7) is 2.28. The molecule has 1 amide bonds. The minimum absolute atomic E-state index is 0.119. The SMILES string of the molecule is CC1CC2C[C@@H](C1)N2C(=O)c1ccccn1. The Morgan fingerprint density at radius 3 is 2.69 bits per heavy atom. The first-order valence-corrected chi connectivity index (χ1v) is 5.99. The number of rotatable bonds is 1. The van der Waals surface area contributed by atoms with Crippen molar-refractivity contribution in [3.8, 4) is 0 Å². The maximum Gasteiger partial charge on any atom is 0.272 e. The van der Waals surface area contributed by atoms with E-state index >= 15 is 0 Å². The maximum atomic E-state index is 12.2. The van der Waals surface area contributed by atoms with Crippen LogP contribution in [-0.4, -0.2) is 27.9 Å². The Morgan fingerprint density at radius 1 is 1.31 bits per heavy atom. The van der Waals surface area contributed by atoms with E-state index in [1.54, 1.807) is 12.3 Å². The number of hydrogen-bond acceptors (Lipinski definition) is 2. The van der Waals surface area contributed by atoms with E-state index in [-0.39, 0.29) is 5.91 Å². The maximum absolute atomic E-state index is 12.2. The van der Waals surface area contributed by atoms with Gasteiger partial charge in [0.05, 0.1) is 0 Å². The predicted octanol–water partition coefficient (Wildman–Crippen LogP) is 2.09. The summed E-state index contributed by atoms with van der Waals surface area (Å²) in [6.07, 6.45) is 5.21. The zero-order valence-electron chi connectivity index (χ0n) is 9.47. The number of fused-ring (bicyclic) bond motifs is 2. The van der Waals surface area contributed by atoms with Crippen molar-refractivity contribution in [1.82, 2.24) is 9.88 Å². The van der Waals surface area contributed by atoms with Crippen molar-refractivity contribution in [3.63, 3.8) is 0 Å². The molecule has 2 saturated heterocycles. The van der Waals surface area contributed by atoms with Crippen molar-refractivity contribution in [2.75, 3.05) is 0 Å². The Balaban J connectivity index is 1.78. The van der Waals surface area contributed by atoms with Gasteiger partial charge in [0.1, 0.15) is 5.69 Å². The van der Waals surface area contributed by atoms with Gasteiger partial charge in [-0.2, -0.15) is 0 Å². The Bertz CT molecular complexity index is 392. The van der Waals surface area contributed by atoms with Crippen LogP contribution >= 0.6 is 0 Å². The highest BCUT2D eigenvalue weighted by Gasteiger charge is 2.46.